The zero-order chi connectivity index (χ0) is 14.0. The number of nitrogens with zero attached hydrogens (tertiary/aromatic N) is 2. The van der Waals surface area contributed by atoms with Gasteiger partial charge in [0.2, 0.25) is 5.91 Å². The number of rotatable bonds is 2. The van der Waals surface area contributed by atoms with Gasteiger partial charge in [-0.1, -0.05) is 20.3 Å². The van der Waals surface area contributed by atoms with E-state index in [0.29, 0.717) is 17.9 Å². The Bertz CT molecular complexity index is 321. The Hall–Kier alpha value is -0.610. The molecule has 110 valence electrons. The molecule has 0 bridgehead atoms. The van der Waals surface area contributed by atoms with Crippen molar-refractivity contribution in [3.05, 3.63) is 0 Å². The largest absolute Gasteiger partial charge is 0.340 e. The molecule has 0 radical (unpaired) electrons. The molecule has 1 amide bonds. The lowest BCUT2D eigenvalue weighted by Gasteiger charge is -2.42. The second kappa shape index (κ2) is 6.23. The van der Waals surface area contributed by atoms with E-state index in [1.165, 1.54) is 6.42 Å². The number of piperazine rings is 1. The van der Waals surface area contributed by atoms with E-state index >= 15 is 0 Å². The van der Waals surface area contributed by atoms with Crippen LogP contribution in [0.3, 0.4) is 0 Å². The van der Waals surface area contributed by atoms with E-state index in [4.69, 9.17) is 5.73 Å². The molecule has 19 heavy (non-hydrogen) atoms. The molecule has 1 aliphatic heterocycles. The van der Waals surface area contributed by atoms with Crippen LogP contribution in [0.25, 0.3) is 0 Å². The summed E-state index contributed by atoms with van der Waals surface area (Å²) in [5, 5.41) is 0. The Kier molecular flexibility index (Phi) is 4.85. The van der Waals surface area contributed by atoms with Crippen LogP contribution < -0.4 is 5.73 Å². The first-order valence-corrected chi connectivity index (χ1v) is 7.83. The van der Waals surface area contributed by atoms with E-state index in [9.17, 15) is 4.79 Å². The zero-order valence-corrected chi connectivity index (χ0v) is 12.6. The molecule has 1 aliphatic carbocycles. The first-order valence-electron chi connectivity index (χ1n) is 7.83. The number of nitrogens with two attached hydrogens (primary N) is 1. The van der Waals surface area contributed by atoms with Gasteiger partial charge < -0.3 is 10.6 Å². The lowest BCUT2D eigenvalue weighted by Crippen LogP contribution is -2.57. The lowest BCUT2D eigenvalue weighted by atomic mass is 9.77. The fourth-order valence-corrected chi connectivity index (χ4v) is 3.63. The molecule has 1 saturated carbocycles. The molecule has 2 rings (SSSR count). The number of amides is 1. The summed E-state index contributed by atoms with van der Waals surface area (Å²) in [7, 11) is 0. The van der Waals surface area contributed by atoms with Gasteiger partial charge in [0.05, 0.1) is 5.92 Å². The van der Waals surface area contributed by atoms with Crippen molar-refractivity contribution in [2.24, 2.45) is 17.6 Å². The van der Waals surface area contributed by atoms with E-state index < -0.39 is 0 Å². The van der Waals surface area contributed by atoms with Crippen LogP contribution in [0.5, 0.6) is 0 Å². The Morgan fingerprint density at radius 2 is 2.00 bits per heavy atom. The maximum atomic E-state index is 12.7. The summed E-state index contributed by atoms with van der Waals surface area (Å²) < 4.78 is 0. The van der Waals surface area contributed by atoms with E-state index in [-0.39, 0.29) is 12.0 Å². The van der Waals surface area contributed by atoms with Crippen LogP contribution in [0.2, 0.25) is 0 Å². The molecule has 1 heterocycles. The summed E-state index contributed by atoms with van der Waals surface area (Å²) in [4.78, 5) is 17.2. The molecule has 2 N–H and O–H groups in total. The van der Waals surface area contributed by atoms with Crippen LogP contribution in [-0.2, 0) is 4.79 Å². The lowest BCUT2D eigenvalue weighted by molar-refractivity contribution is -0.140. The molecule has 4 nitrogen and oxygen atoms in total. The average Bonchev–Trinajstić information content (AvgIpc) is 2.41. The standard InChI is InChI=1S/C15H29N3O/c1-4-17-8-9-18(10-12(17)3)15(19)13-7-5-6-11(2)14(13)16/h11-14H,4-10,16H2,1-3H3. The van der Waals surface area contributed by atoms with Crippen molar-refractivity contribution in [1.82, 2.24) is 9.80 Å². The monoisotopic (exact) mass is 267 g/mol. The zero-order valence-electron chi connectivity index (χ0n) is 12.6. The van der Waals surface area contributed by atoms with Gasteiger partial charge in [0.15, 0.2) is 0 Å². The predicted octanol–water partition coefficient (Wildman–Crippen LogP) is 1.30. The molecule has 0 aromatic carbocycles. The van der Waals surface area contributed by atoms with Gasteiger partial charge in [-0.3, -0.25) is 9.69 Å². The summed E-state index contributed by atoms with van der Waals surface area (Å²) in [6.07, 6.45) is 3.30. The second-order valence-electron chi connectivity index (χ2n) is 6.35. The van der Waals surface area contributed by atoms with Gasteiger partial charge in [0.25, 0.3) is 0 Å². The van der Waals surface area contributed by atoms with Crippen molar-refractivity contribution in [3.8, 4) is 0 Å². The van der Waals surface area contributed by atoms with Crippen molar-refractivity contribution in [2.45, 2.75) is 52.1 Å². The van der Waals surface area contributed by atoms with Crippen LogP contribution in [0.15, 0.2) is 0 Å². The summed E-state index contributed by atoms with van der Waals surface area (Å²) in [6, 6.07) is 0.528. The Labute approximate surface area is 117 Å². The van der Waals surface area contributed by atoms with Crippen molar-refractivity contribution < 1.29 is 4.79 Å². The van der Waals surface area contributed by atoms with Crippen molar-refractivity contribution in [3.63, 3.8) is 0 Å². The van der Waals surface area contributed by atoms with Gasteiger partial charge in [-0.15, -0.1) is 0 Å². The van der Waals surface area contributed by atoms with E-state index in [1.807, 2.05) is 0 Å². The molecular weight excluding hydrogens is 238 g/mol. The average molecular weight is 267 g/mol. The number of carbonyl (C=O) groups excluding carboxylic acids is 1. The summed E-state index contributed by atoms with van der Waals surface area (Å²) in [6.45, 7) is 10.4. The highest BCUT2D eigenvalue weighted by Crippen LogP contribution is 2.29. The third-order valence-electron chi connectivity index (χ3n) is 5.10. The Morgan fingerprint density at radius 3 is 2.63 bits per heavy atom. The minimum atomic E-state index is 0.0563. The molecule has 2 aliphatic rings. The third-order valence-corrected chi connectivity index (χ3v) is 5.10. The number of hydrogen-bond acceptors (Lipinski definition) is 3. The number of likely N-dealkylation sites (N-methyl/N-ethyl adjacent to an activating group) is 1. The molecule has 4 atom stereocenters. The first-order chi connectivity index (χ1) is 9.04. The van der Waals surface area contributed by atoms with Crippen molar-refractivity contribution in [1.29, 1.82) is 0 Å². The fourth-order valence-electron chi connectivity index (χ4n) is 3.63. The summed E-state index contributed by atoms with van der Waals surface area (Å²) >= 11 is 0. The molecule has 4 heteroatoms. The van der Waals surface area contributed by atoms with E-state index in [0.717, 1.165) is 39.0 Å². The van der Waals surface area contributed by atoms with Crippen LogP contribution in [0.4, 0.5) is 0 Å². The van der Waals surface area contributed by atoms with Crippen LogP contribution in [0, 0.1) is 11.8 Å². The van der Waals surface area contributed by atoms with Gasteiger partial charge in [0, 0.05) is 31.7 Å². The Morgan fingerprint density at radius 1 is 1.26 bits per heavy atom. The molecule has 0 aromatic rings. The van der Waals surface area contributed by atoms with E-state index in [1.54, 1.807) is 0 Å². The van der Waals surface area contributed by atoms with Gasteiger partial charge >= 0.3 is 0 Å². The minimum Gasteiger partial charge on any atom is -0.340 e. The summed E-state index contributed by atoms with van der Waals surface area (Å²) in [5.74, 6) is 0.850. The highest BCUT2D eigenvalue weighted by Gasteiger charge is 2.36. The highest BCUT2D eigenvalue weighted by atomic mass is 16.2. The highest BCUT2D eigenvalue weighted by molar-refractivity contribution is 5.80. The third kappa shape index (κ3) is 3.11. The SMILES string of the molecule is CCN1CCN(C(=O)C2CCCC(C)C2N)CC1C. The predicted molar refractivity (Wildman–Crippen MR) is 77.8 cm³/mol. The van der Waals surface area contributed by atoms with Gasteiger partial charge in [-0.05, 0) is 32.2 Å². The van der Waals surface area contributed by atoms with E-state index in [2.05, 4.69) is 30.6 Å². The van der Waals surface area contributed by atoms with Crippen LogP contribution in [-0.4, -0.2) is 54.0 Å². The quantitative estimate of drug-likeness (QED) is 0.820. The molecular formula is C15H29N3O. The second-order valence-corrected chi connectivity index (χ2v) is 6.35. The maximum absolute atomic E-state index is 12.7. The maximum Gasteiger partial charge on any atom is 0.227 e. The molecule has 0 aromatic heterocycles. The minimum absolute atomic E-state index is 0.0563. The molecule has 2 fully saturated rings. The normalized spacial score (nSPS) is 37.4. The van der Waals surface area contributed by atoms with Crippen molar-refractivity contribution in [2.75, 3.05) is 26.2 Å². The topological polar surface area (TPSA) is 49.6 Å². The molecule has 0 spiro atoms. The Balaban J connectivity index is 1.96. The first kappa shape index (κ1) is 14.8. The molecule has 1 saturated heterocycles. The van der Waals surface area contributed by atoms with Crippen LogP contribution in [0.1, 0.15) is 40.0 Å². The van der Waals surface area contributed by atoms with Crippen molar-refractivity contribution >= 4 is 5.91 Å². The summed E-state index contributed by atoms with van der Waals surface area (Å²) in [5.41, 5.74) is 6.26. The van der Waals surface area contributed by atoms with Gasteiger partial charge in [-0.25, -0.2) is 0 Å². The fraction of sp³-hybridized carbons (Fsp3) is 0.933. The number of carbonyl (C=O) groups is 1. The van der Waals surface area contributed by atoms with Gasteiger partial charge in [-0.2, -0.15) is 0 Å². The van der Waals surface area contributed by atoms with Gasteiger partial charge in [0.1, 0.15) is 0 Å². The number of hydrogen-bond donors (Lipinski definition) is 1. The molecule has 4 unspecified atom stereocenters. The smallest absolute Gasteiger partial charge is 0.227 e. The van der Waals surface area contributed by atoms with Crippen LogP contribution >= 0.6 is 0 Å².